The molecule has 0 aromatic heterocycles. The summed E-state index contributed by atoms with van der Waals surface area (Å²) in [4.78, 5) is 0. The SMILES string of the molecule is OC1(CNCCCc2ccccc2)CCCC1. The molecule has 0 unspecified atom stereocenters. The molecule has 0 radical (unpaired) electrons. The van der Waals surface area contributed by atoms with E-state index in [0.29, 0.717) is 0 Å². The lowest BCUT2D eigenvalue weighted by Crippen LogP contribution is -2.38. The highest BCUT2D eigenvalue weighted by Gasteiger charge is 2.30. The third-order valence-electron chi connectivity index (χ3n) is 3.65. The Bertz CT molecular complexity index is 317. The van der Waals surface area contributed by atoms with Gasteiger partial charge in [-0.05, 0) is 37.8 Å². The third kappa shape index (κ3) is 4.14. The minimum Gasteiger partial charge on any atom is -0.389 e. The van der Waals surface area contributed by atoms with Crippen LogP contribution in [0.4, 0.5) is 0 Å². The molecule has 0 bridgehead atoms. The van der Waals surface area contributed by atoms with Crippen LogP contribution in [0.15, 0.2) is 30.3 Å². The molecule has 1 saturated carbocycles. The Morgan fingerprint density at radius 3 is 2.53 bits per heavy atom. The molecule has 94 valence electrons. The summed E-state index contributed by atoms with van der Waals surface area (Å²) in [6.45, 7) is 1.76. The molecular weight excluding hydrogens is 210 g/mol. The molecule has 2 heteroatoms. The fraction of sp³-hybridized carbons (Fsp3) is 0.600. The first-order chi connectivity index (χ1) is 8.29. The average Bonchev–Trinajstić information content (AvgIpc) is 2.77. The maximum atomic E-state index is 10.1. The average molecular weight is 233 g/mol. The molecule has 2 rings (SSSR count). The minimum absolute atomic E-state index is 0.410. The van der Waals surface area contributed by atoms with Crippen molar-refractivity contribution < 1.29 is 5.11 Å². The van der Waals surface area contributed by atoms with Gasteiger partial charge in [-0.3, -0.25) is 0 Å². The Morgan fingerprint density at radius 1 is 1.12 bits per heavy atom. The van der Waals surface area contributed by atoms with E-state index in [4.69, 9.17) is 0 Å². The summed E-state index contributed by atoms with van der Waals surface area (Å²) in [7, 11) is 0. The van der Waals surface area contributed by atoms with E-state index in [9.17, 15) is 5.11 Å². The molecule has 2 nitrogen and oxygen atoms in total. The largest absolute Gasteiger partial charge is 0.389 e. The van der Waals surface area contributed by atoms with Gasteiger partial charge in [-0.15, -0.1) is 0 Å². The Morgan fingerprint density at radius 2 is 1.82 bits per heavy atom. The Kier molecular flexibility index (Phi) is 4.57. The number of aliphatic hydroxyl groups is 1. The molecule has 1 aliphatic carbocycles. The zero-order valence-electron chi connectivity index (χ0n) is 10.5. The van der Waals surface area contributed by atoms with E-state index in [0.717, 1.165) is 38.8 Å². The molecule has 0 heterocycles. The summed E-state index contributed by atoms with van der Waals surface area (Å²) in [6, 6.07) is 10.6. The van der Waals surface area contributed by atoms with Crippen molar-refractivity contribution >= 4 is 0 Å². The topological polar surface area (TPSA) is 32.3 Å². The van der Waals surface area contributed by atoms with Crippen molar-refractivity contribution in [3.8, 4) is 0 Å². The van der Waals surface area contributed by atoms with E-state index in [-0.39, 0.29) is 0 Å². The quantitative estimate of drug-likeness (QED) is 0.740. The number of rotatable bonds is 6. The van der Waals surface area contributed by atoms with Gasteiger partial charge in [0.25, 0.3) is 0 Å². The van der Waals surface area contributed by atoms with Gasteiger partial charge in [0.2, 0.25) is 0 Å². The molecule has 0 amide bonds. The van der Waals surface area contributed by atoms with Gasteiger partial charge in [0.1, 0.15) is 0 Å². The fourth-order valence-electron chi connectivity index (χ4n) is 2.59. The predicted molar refractivity (Wildman–Crippen MR) is 71.1 cm³/mol. The number of nitrogens with one attached hydrogen (secondary N) is 1. The maximum Gasteiger partial charge on any atom is 0.0771 e. The molecule has 2 N–H and O–H groups in total. The van der Waals surface area contributed by atoms with Gasteiger partial charge in [-0.25, -0.2) is 0 Å². The van der Waals surface area contributed by atoms with Crippen LogP contribution < -0.4 is 5.32 Å². The van der Waals surface area contributed by atoms with Gasteiger partial charge in [-0.1, -0.05) is 43.2 Å². The summed E-state index contributed by atoms with van der Waals surface area (Å²) in [6.07, 6.45) is 6.56. The van der Waals surface area contributed by atoms with Crippen LogP contribution >= 0.6 is 0 Å². The van der Waals surface area contributed by atoms with E-state index >= 15 is 0 Å². The van der Waals surface area contributed by atoms with Gasteiger partial charge >= 0.3 is 0 Å². The summed E-state index contributed by atoms with van der Waals surface area (Å²) in [5.41, 5.74) is 0.987. The first-order valence-electron chi connectivity index (χ1n) is 6.76. The molecule has 0 aliphatic heterocycles. The van der Waals surface area contributed by atoms with E-state index < -0.39 is 5.60 Å². The Balaban J connectivity index is 1.58. The predicted octanol–water partition coefficient (Wildman–Crippen LogP) is 2.51. The summed E-state index contributed by atoms with van der Waals surface area (Å²) in [5.74, 6) is 0. The van der Waals surface area contributed by atoms with Crippen LogP contribution in [0.25, 0.3) is 0 Å². The maximum absolute atomic E-state index is 10.1. The molecule has 0 spiro atoms. The van der Waals surface area contributed by atoms with Gasteiger partial charge in [0, 0.05) is 6.54 Å². The van der Waals surface area contributed by atoms with Crippen molar-refractivity contribution in [3.05, 3.63) is 35.9 Å². The van der Waals surface area contributed by atoms with Crippen LogP contribution in [-0.4, -0.2) is 23.8 Å². The second-order valence-electron chi connectivity index (χ2n) is 5.20. The standard InChI is InChI=1S/C15H23NO/c17-15(10-4-5-11-15)13-16-12-6-9-14-7-2-1-3-8-14/h1-3,7-8,16-17H,4-6,9-13H2. The van der Waals surface area contributed by atoms with Crippen molar-refractivity contribution in [1.29, 1.82) is 0 Å². The molecule has 0 atom stereocenters. The highest BCUT2D eigenvalue weighted by molar-refractivity contribution is 5.14. The number of aryl methyl sites for hydroxylation is 1. The van der Waals surface area contributed by atoms with Crippen molar-refractivity contribution in [2.24, 2.45) is 0 Å². The molecule has 1 aliphatic rings. The summed E-state index contributed by atoms with van der Waals surface area (Å²) >= 11 is 0. The lowest BCUT2D eigenvalue weighted by Gasteiger charge is -2.22. The molecular formula is C15H23NO. The van der Waals surface area contributed by atoms with Crippen LogP contribution in [0.5, 0.6) is 0 Å². The summed E-state index contributed by atoms with van der Waals surface area (Å²) in [5, 5.41) is 13.5. The lowest BCUT2D eigenvalue weighted by molar-refractivity contribution is 0.0479. The zero-order valence-corrected chi connectivity index (χ0v) is 10.5. The number of hydrogen-bond acceptors (Lipinski definition) is 2. The Hall–Kier alpha value is -0.860. The van der Waals surface area contributed by atoms with Crippen LogP contribution in [-0.2, 0) is 6.42 Å². The second-order valence-corrected chi connectivity index (χ2v) is 5.20. The monoisotopic (exact) mass is 233 g/mol. The second kappa shape index (κ2) is 6.18. The van der Waals surface area contributed by atoms with Crippen LogP contribution in [0.1, 0.15) is 37.7 Å². The molecule has 1 aromatic carbocycles. The van der Waals surface area contributed by atoms with E-state index in [1.54, 1.807) is 0 Å². The van der Waals surface area contributed by atoms with Gasteiger partial charge < -0.3 is 10.4 Å². The molecule has 1 aromatic rings. The zero-order chi connectivity index (χ0) is 12.0. The molecule has 17 heavy (non-hydrogen) atoms. The van der Waals surface area contributed by atoms with Crippen molar-refractivity contribution in [3.63, 3.8) is 0 Å². The number of benzene rings is 1. The van der Waals surface area contributed by atoms with Crippen LogP contribution in [0.3, 0.4) is 0 Å². The third-order valence-corrected chi connectivity index (χ3v) is 3.65. The van der Waals surface area contributed by atoms with E-state index in [1.807, 2.05) is 0 Å². The first-order valence-corrected chi connectivity index (χ1v) is 6.76. The molecule has 1 fully saturated rings. The van der Waals surface area contributed by atoms with Crippen LogP contribution in [0.2, 0.25) is 0 Å². The van der Waals surface area contributed by atoms with Crippen molar-refractivity contribution in [2.45, 2.75) is 44.1 Å². The highest BCUT2D eigenvalue weighted by atomic mass is 16.3. The van der Waals surface area contributed by atoms with Crippen molar-refractivity contribution in [1.82, 2.24) is 5.32 Å². The van der Waals surface area contributed by atoms with Gasteiger partial charge in [-0.2, -0.15) is 0 Å². The highest BCUT2D eigenvalue weighted by Crippen LogP contribution is 2.28. The number of hydrogen-bond donors (Lipinski definition) is 2. The smallest absolute Gasteiger partial charge is 0.0771 e. The van der Waals surface area contributed by atoms with Crippen LogP contribution in [0, 0.1) is 0 Å². The van der Waals surface area contributed by atoms with Gasteiger partial charge in [0.05, 0.1) is 5.60 Å². The van der Waals surface area contributed by atoms with Crippen molar-refractivity contribution in [2.75, 3.05) is 13.1 Å². The van der Waals surface area contributed by atoms with Gasteiger partial charge in [0.15, 0.2) is 0 Å². The van der Waals surface area contributed by atoms with E-state index in [2.05, 4.69) is 35.6 Å². The first kappa shape index (κ1) is 12.6. The lowest BCUT2D eigenvalue weighted by atomic mass is 10.0. The minimum atomic E-state index is -0.410. The Labute approximate surface area is 104 Å². The normalized spacial score (nSPS) is 18.4. The summed E-state index contributed by atoms with van der Waals surface area (Å²) < 4.78 is 0. The molecule has 0 saturated heterocycles. The fourth-order valence-corrected chi connectivity index (χ4v) is 2.59. The van der Waals surface area contributed by atoms with E-state index in [1.165, 1.54) is 18.4 Å².